The quantitative estimate of drug-likeness (QED) is 0.802. The molecule has 1 fully saturated rings. The molecule has 0 amide bonds. The van der Waals surface area contributed by atoms with Crippen LogP contribution in [0.4, 0.5) is 5.82 Å². The Bertz CT molecular complexity index is 647. The second-order valence-corrected chi connectivity index (χ2v) is 6.47. The molecule has 1 aromatic carbocycles. The molecule has 106 valence electrons. The molecule has 0 radical (unpaired) electrons. The van der Waals surface area contributed by atoms with Gasteiger partial charge in [0.05, 0.1) is 0 Å². The van der Waals surface area contributed by atoms with E-state index in [0.717, 1.165) is 28.7 Å². The Balaban J connectivity index is 2.10. The lowest BCUT2D eigenvalue weighted by molar-refractivity contribution is 0.648. The van der Waals surface area contributed by atoms with Gasteiger partial charge in [-0.3, -0.25) is 0 Å². The second kappa shape index (κ2) is 5.30. The molecule has 20 heavy (non-hydrogen) atoms. The van der Waals surface area contributed by atoms with Crippen molar-refractivity contribution in [3.63, 3.8) is 0 Å². The number of anilines is 1. The smallest absolute Gasteiger partial charge is 0.150 e. The van der Waals surface area contributed by atoms with E-state index in [4.69, 9.17) is 23.2 Å². The van der Waals surface area contributed by atoms with Crippen molar-refractivity contribution in [1.82, 2.24) is 9.66 Å². The molecule has 1 aliphatic carbocycles. The molecule has 0 atom stereocenters. The number of nitrogens with zero attached hydrogens (tertiary/aromatic N) is 2. The molecule has 2 aromatic rings. The van der Waals surface area contributed by atoms with E-state index >= 15 is 0 Å². The number of hydrogen-bond donors (Lipinski definition) is 2. The highest BCUT2D eigenvalue weighted by Gasteiger charge is 2.25. The highest BCUT2D eigenvalue weighted by Crippen LogP contribution is 2.38. The third-order valence-corrected chi connectivity index (χ3v) is 4.81. The Kier molecular flexibility index (Phi) is 3.65. The number of nitrogen functional groups attached to an aromatic ring is 2. The summed E-state index contributed by atoms with van der Waals surface area (Å²) in [6, 6.07) is 5.56. The molecule has 1 aromatic heterocycles. The monoisotopic (exact) mass is 354 g/mol. The van der Waals surface area contributed by atoms with Crippen molar-refractivity contribution in [1.29, 1.82) is 0 Å². The fourth-order valence-corrected chi connectivity index (χ4v) is 3.42. The number of nitrogens with two attached hydrogens (primary N) is 2. The lowest BCUT2D eigenvalue weighted by atomic mass is 10.1. The van der Waals surface area contributed by atoms with Crippen LogP contribution in [-0.2, 0) is 0 Å². The summed E-state index contributed by atoms with van der Waals surface area (Å²) in [4.78, 5) is 4.69. The normalized spacial score (nSPS) is 15.9. The standard InChI is InChI=1S/C14H16BrClN4/c15-11-6-5-9(16)7-10(11)12-13(17)20(18)14(19-12)8-3-1-2-4-8/h5-8H,1-4,17-18H2. The average Bonchev–Trinajstić information content (AvgIpc) is 3.04. The first-order chi connectivity index (χ1) is 9.58. The van der Waals surface area contributed by atoms with Crippen LogP contribution >= 0.6 is 27.5 Å². The highest BCUT2D eigenvalue weighted by atomic mass is 79.9. The van der Waals surface area contributed by atoms with Crippen LogP contribution in [-0.4, -0.2) is 9.66 Å². The molecule has 4 nitrogen and oxygen atoms in total. The van der Waals surface area contributed by atoms with Crippen molar-refractivity contribution in [2.24, 2.45) is 0 Å². The van der Waals surface area contributed by atoms with Crippen molar-refractivity contribution in [2.75, 3.05) is 11.6 Å². The maximum Gasteiger partial charge on any atom is 0.150 e. The van der Waals surface area contributed by atoms with E-state index in [1.165, 1.54) is 17.5 Å². The molecular formula is C14H16BrClN4. The van der Waals surface area contributed by atoms with Crippen LogP contribution < -0.4 is 11.6 Å². The molecule has 0 aliphatic heterocycles. The molecule has 6 heteroatoms. The molecule has 0 unspecified atom stereocenters. The summed E-state index contributed by atoms with van der Waals surface area (Å²) in [5.41, 5.74) is 7.71. The van der Waals surface area contributed by atoms with Gasteiger partial charge in [-0.15, -0.1) is 0 Å². The number of aromatic nitrogens is 2. The summed E-state index contributed by atoms with van der Waals surface area (Å²) < 4.78 is 2.43. The molecule has 1 saturated carbocycles. The van der Waals surface area contributed by atoms with E-state index in [-0.39, 0.29) is 0 Å². The first-order valence-corrected chi connectivity index (χ1v) is 7.83. The molecule has 1 heterocycles. The first-order valence-electron chi connectivity index (χ1n) is 6.66. The van der Waals surface area contributed by atoms with Crippen LogP contribution in [0.2, 0.25) is 5.02 Å². The zero-order chi connectivity index (χ0) is 14.3. The van der Waals surface area contributed by atoms with Crippen molar-refractivity contribution < 1.29 is 0 Å². The van der Waals surface area contributed by atoms with Crippen molar-refractivity contribution in [2.45, 2.75) is 31.6 Å². The van der Waals surface area contributed by atoms with Crippen molar-refractivity contribution >= 4 is 33.3 Å². The van der Waals surface area contributed by atoms with E-state index < -0.39 is 0 Å². The zero-order valence-electron chi connectivity index (χ0n) is 10.9. The summed E-state index contributed by atoms with van der Waals surface area (Å²) in [5, 5.41) is 0.650. The van der Waals surface area contributed by atoms with Gasteiger partial charge in [0.15, 0.2) is 5.82 Å². The molecule has 0 spiro atoms. The summed E-state index contributed by atoms with van der Waals surface area (Å²) in [5.74, 6) is 7.86. The van der Waals surface area contributed by atoms with Crippen LogP contribution in [0, 0.1) is 0 Å². The Morgan fingerprint density at radius 2 is 2.00 bits per heavy atom. The van der Waals surface area contributed by atoms with Crippen molar-refractivity contribution in [3.8, 4) is 11.3 Å². The van der Waals surface area contributed by atoms with Gasteiger partial charge in [-0.05, 0) is 31.0 Å². The maximum absolute atomic E-state index is 6.13. The van der Waals surface area contributed by atoms with E-state index in [9.17, 15) is 0 Å². The van der Waals surface area contributed by atoms with E-state index in [1.54, 1.807) is 0 Å². The number of hydrogen-bond acceptors (Lipinski definition) is 3. The van der Waals surface area contributed by atoms with Gasteiger partial charge in [0.25, 0.3) is 0 Å². The Morgan fingerprint density at radius 3 is 2.70 bits per heavy atom. The van der Waals surface area contributed by atoms with Gasteiger partial charge in [0.1, 0.15) is 11.5 Å². The number of rotatable bonds is 2. The predicted molar refractivity (Wildman–Crippen MR) is 86.1 cm³/mol. The molecular weight excluding hydrogens is 340 g/mol. The second-order valence-electron chi connectivity index (χ2n) is 5.18. The number of halogens is 2. The fourth-order valence-electron chi connectivity index (χ4n) is 2.81. The third kappa shape index (κ3) is 2.29. The minimum atomic E-state index is 0.411. The Morgan fingerprint density at radius 1 is 1.30 bits per heavy atom. The van der Waals surface area contributed by atoms with E-state index in [1.807, 2.05) is 18.2 Å². The zero-order valence-corrected chi connectivity index (χ0v) is 13.3. The SMILES string of the molecule is Nc1c(-c2cc(Cl)ccc2Br)nc(C2CCCC2)n1N. The lowest BCUT2D eigenvalue weighted by Gasteiger charge is -2.08. The highest BCUT2D eigenvalue weighted by molar-refractivity contribution is 9.10. The molecule has 0 saturated heterocycles. The predicted octanol–water partition coefficient (Wildman–Crippen LogP) is 3.92. The Hall–Kier alpha value is -1.20. The molecule has 4 N–H and O–H groups in total. The van der Waals surface area contributed by atoms with Gasteiger partial charge in [0, 0.05) is 21.0 Å². The average molecular weight is 356 g/mol. The summed E-state index contributed by atoms with van der Waals surface area (Å²) >= 11 is 9.58. The van der Waals surface area contributed by atoms with E-state index in [0.29, 0.717) is 22.5 Å². The lowest BCUT2D eigenvalue weighted by Crippen LogP contribution is -2.17. The van der Waals surface area contributed by atoms with Crippen molar-refractivity contribution in [3.05, 3.63) is 33.5 Å². The minimum absolute atomic E-state index is 0.411. The fraction of sp³-hybridized carbons (Fsp3) is 0.357. The minimum Gasteiger partial charge on any atom is -0.382 e. The van der Waals surface area contributed by atoms with Gasteiger partial charge in [-0.2, -0.15) is 0 Å². The number of imidazole rings is 1. The third-order valence-electron chi connectivity index (χ3n) is 3.88. The largest absolute Gasteiger partial charge is 0.382 e. The summed E-state index contributed by atoms with van der Waals surface area (Å²) in [6.45, 7) is 0. The Labute approximate surface area is 131 Å². The molecule has 0 bridgehead atoms. The van der Waals surface area contributed by atoms with Crippen LogP contribution in [0.15, 0.2) is 22.7 Å². The van der Waals surface area contributed by atoms with Crippen LogP contribution in [0.25, 0.3) is 11.3 Å². The number of benzene rings is 1. The van der Waals surface area contributed by atoms with Crippen LogP contribution in [0.5, 0.6) is 0 Å². The van der Waals surface area contributed by atoms with Gasteiger partial charge in [-0.1, -0.05) is 40.4 Å². The summed E-state index contributed by atoms with van der Waals surface area (Å²) in [6.07, 6.45) is 4.72. The van der Waals surface area contributed by atoms with Gasteiger partial charge in [-0.25, -0.2) is 9.66 Å². The van der Waals surface area contributed by atoms with Gasteiger partial charge in [0.2, 0.25) is 0 Å². The van der Waals surface area contributed by atoms with E-state index in [2.05, 4.69) is 20.9 Å². The first kappa shape index (κ1) is 13.8. The summed E-state index contributed by atoms with van der Waals surface area (Å²) in [7, 11) is 0. The van der Waals surface area contributed by atoms with Crippen LogP contribution in [0.1, 0.15) is 37.4 Å². The van der Waals surface area contributed by atoms with Gasteiger partial charge < -0.3 is 11.6 Å². The molecule has 1 aliphatic rings. The van der Waals surface area contributed by atoms with Crippen LogP contribution in [0.3, 0.4) is 0 Å². The maximum atomic E-state index is 6.13. The molecule has 3 rings (SSSR count). The topological polar surface area (TPSA) is 69.9 Å². The van der Waals surface area contributed by atoms with Gasteiger partial charge >= 0.3 is 0 Å².